The molecule has 1 aromatic heterocycles. The van der Waals surface area contributed by atoms with Crippen molar-refractivity contribution in [3.8, 4) is 11.5 Å². The molecule has 196 valence electrons. The van der Waals surface area contributed by atoms with E-state index in [0.29, 0.717) is 36.2 Å². The molecule has 0 aliphatic carbocycles. The molecule has 0 radical (unpaired) electrons. The van der Waals surface area contributed by atoms with E-state index < -0.39 is 0 Å². The Bertz CT molecular complexity index is 1230. The number of fused-ring (bicyclic) bond motifs is 1. The van der Waals surface area contributed by atoms with Crippen molar-refractivity contribution in [2.45, 2.75) is 19.3 Å². The van der Waals surface area contributed by atoms with Gasteiger partial charge in [-0.05, 0) is 43.2 Å². The number of ether oxygens (including phenoxy) is 3. The first-order chi connectivity index (χ1) is 18.1. The molecule has 1 amide bonds. The number of rotatable bonds is 10. The largest absolute Gasteiger partial charge is 0.493 e. The Balaban J connectivity index is 1.36. The van der Waals surface area contributed by atoms with E-state index in [4.69, 9.17) is 24.2 Å². The number of amides is 1. The minimum Gasteiger partial charge on any atom is -0.493 e. The van der Waals surface area contributed by atoms with Gasteiger partial charge in [-0.2, -0.15) is 4.98 Å². The maximum atomic E-state index is 11.9. The second kappa shape index (κ2) is 11.5. The molecule has 5 rings (SSSR count). The average molecular weight is 507 g/mol. The molecule has 10 heteroatoms. The Kier molecular flexibility index (Phi) is 7.74. The first-order valence-electron chi connectivity index (χ1n) is 12.8. The van der Waals surface area contributed by atoms with E-state index in [1.54, 1.807) is 14.2 Å². The van der Waals surface area contributed by atoms with Crippen LogP contribution in [0.1, 0.15) is 19.3 Å². The zero-order chi connectivity index (χ0) is 25.6. The van der Waals surface area contributed by atoms with Crippen molar-refractivity contribution < 1.29 is 19.0 Å². The number of hydrogen-bond donors (Lipinski definition) is 2. The number of nitrogens with one attached hydrogen (secondary N) is 2. The van der Waals surface area contributed by atoms with Crippen LogP contribution in [0.5, 0.6) is 11.5 Å². The van der Waals surface area contributed by atoms with E-state index in [1.807, 2.05) is 17.0 Å². The summed E-state index contributed by atoms with van der Waals surface area (Å²) in [6.07, 6.45) is 2.44. The van der Waals surface area contributed by atoms with E-state index in [2.05, 4.69) is 39.8 Å². The Morgan fingerprint density at radius 2 is 1.76 bits per heavy atom. The lowest BCUT2D eigenvalue weighted by Crippen LogP contribution is -2.36. The monoisotopic (exact) mass is 506 g/mol. The van der Waals surface area contributed by atoms with Crippen molar-refractivity contribution in [1.82, 2.24) is 14.9 Å². The number of hydrogen-bond acceptors (Lipinski definition) is 9. The van der Waals surface area contributed by atoms with Crippen LogP contribution in [0.3, 0.4) is 0 Å². The lowest BCUT2D eigenvalue weighted by Gasteiger charge is -2.29. The normalized spacial score (nSPS) is 15.8. The summed E-state index contributed by atoms with van der Waals surface area (Å²) < 4.78 is 16.5. The number of morpholine rings is 1. The minimum atomic E-state index is 0.245. The van der Waals surface area contributed by atoms with Crippen LogP contribution in [-0.4, -0.2) is 80.9 Å². The van der Waals surface area contributed by atoms with Gasteiger partial charge in [-0.1, -0.05) is 0 Å². The van der Waals surface area contributed by atoms with E-state index in [1.165, 1.54) is 5.69 Å². The number of nitrogens with zero attached hydrogens (tertiary/aromatic N) is 4. The predicted octanol–water partition coefficient (Wildman–Crippen LogP) is 3.65. The van der Waals surface area contributed by atoms with Crippen molar-refractivity contribution in [3.05, 3.63) is 36.4 Å². The molecular formula is C27H34N6O4. The highest BCUT2D eigenvalue weighted by Crippen LogP contribution is 2.35. The minimum absolute atomic E-state index is 0.245. The smallest absolute Gasteiger partial charge is 0.225 e. The molecule has 2 N–H and O–H groups in total. The average Bonchev–Trinajstić information content (AvgIpc) is 3.35. The zero-order valence-electron chi connectivity index (χ0n) is 21.5. The van der Waals surface area contributed by atoms with Crippen LogP contribution in [0.2, 0.25) is 0 Å². The van der Waals surface area contributed by atoms with Gasteiger partial charge < -0.3 is 34.6 Å². The summed E-state index contributed by atoms with van der Waals surface area (Å²) >= 11 is 0. The van der Waals surface area contributed by atoms with E-state index in [0.717, 1.165) is 68.8 Å². The van der Waals surface area contributed by atoms with Gasteiger partial charge in [-0.15, -0.1) is 0 Å². The molecule has 2 saturated heterocycles. The molecule has 2 fully saturated rings. The van der Waals surface area contributed by atoms with Crippen molar-refractivity contribution in [2.75, 3.05) is 75.7 Å². The second-order valence-electron chi connectivity index (χ2n) is 9.16. The van der Waals surface area contributed by atoms with Gasteiger partial charge in [-0.3, -0.25) is 4.79 Å². The van der Waals surface area contributed by atoms with Gasteiger partial charge in [0.2, 0.25) is 11.9 Å². The summed E-state index contributed by atoms with van der Waals surface area (Å²) in [5.41, 5.74) is 2.83. The highest BCUT2D eigenvalue weighted by atomic mass is 16.5. The zero-order valence-corrected chi connectivity index (χ0v) is 21.5. The number of methoxy groups -OCH3 is 2. The van der Waals surface area contributed by atoms with Crippen LogP contribution in [0.15, 0.2) is 36.4 Å². The fourth-order valence-corrected chi connectivity index (χ4v) is 4.75. The molecule has 0 unspecified atom stereocenters. The van der Waals surface area contributed by atoms with Gasteiger partial charge in [0, 0.05) is 62.0 Å². The molecule has 0 saturated carbocycles. The maximum Gasteiger partial charge on any atom is 0.225 e. The molecule has 3 heterocycles. The van der Waals surface area contributed by atoms with Crippen molar-refractivity contribution in [1.29, 1.82) is 0 Å². The molecule has 0 atom stereocenters. The molecule has 10 nitrogen and oxygen atoms in total. The molecule has 2 aliphatic rings. The Labute approximate surface area is 216 Å². The van der Waals surface area contributed by atoms with Gasteiger partial charge >= 0.3 is 0 Å². The highest BCUT2D eigenvalue weighted by molar-refractivity contribution is 5.94. The van der Waals surface area contributed by atoms with Crippen LogP contribution in [0, 0.1) is 0 Å². The number of benzene rings is 2. The van der Waals surface area contributed by atoms with E-state index >= 15 is 0 Å². The number of likely N-dealkylation sites (tertiary alicyclic amines) is 1. The van der Waals surface area contributed by atoms with Crippen LogP contribution >= 0.6 is 0 Å². The Morgan fingerprint density at radius 3 is 2.46 bits per heavy atom. The quantitative estimate of drug-likeness (QED) is 0.399. The number of anilines is 4. The third-order valence-corrected chi connectivity index (χ3v) is 6.77. The fourth-order valence-electron chi connectivity index (χ4n) is 4.75. The summed E-state index contributed by atoms with van der Waals surface area (Å²) in [6.45, 7) is 5.55. The first kappa shape index (κ1) is 24.9. The lowest BCUT2D eigenvalue weighted by molar-refractivity contribution is -0.127. The summed E-state index contributed by atoms with van der Waals surface area (Å²) in [7, 11) is 3.22. The van der Waals surface area contributed by atoms with Gasteiger partial charge in [0.05, 0.1) is 33.0 Å². The van der Waals surface area contributed by atoms with Crippen molar-refractivity contribution >= 4 is 40.0 Å². The summed E-state index contributed by atoms with van der Waals surface area (Å²) in [5.74, 6) is 2.64. The van der Waals surface area contributed by atoms with Gasteiger partial charge in [-0.25, -0.2) is 4.98 Å². The number of carbonyl (C=O) groups excluding carboxylic acids is 1. The molecule has 2 aromatic carbocycles. The summed E-state index contributed by atoms with van der Waals surface area (Å²) in [5, 5.41) is 7.62. The van der Waals surface area contributed by atoms with E-state index in [-0.39, 0.29) is 5.91 Å². The molecule has 3 aromatic rings. The van der Waals surface area contributed by atoms with Crippen molar-refractivity contribution in [2.24, 2.45) is 0 Å². The number of carbonyl (C=O) groups is 1. The molecule has 0 bridgehead atoms. The van der Waals surface area contributed by atoms with Crippen LogP contribution in [0.4, 0.5) is 23.1 Å². The maximum absolute atomic E-state index is 11.9. The summed E-state index contributed by atoms with van der Waals surface area (Å²) in [4.78, 5) is 25.6. The van der Waals surface area contributed by atoms with Crippen LogP contribution < -0.4 is 25.0 Å². The summed E-state index contributed by atoms with van der Waals surface area (Å²) in [6, 6.07) is 12.1. The van der Waals surface area contributed by atoms with Crippen molar-refractivity contribution in [3.63, 3.8) is 0 Å². The molecule has 37 heavy (non-hydrogen) atoms. The standard InChI is InChI=1S/C27H34N6O4/c1-35-23-17-21-22(18-24(23)36-2)30-27(28-10-4-12-33-11-3-5-25(33)34)31-26(21)29-19-6-8-20(9-7-19)32-13-15-37-16-14-32/h6-9,17-18H,3-5,10-16H2,1-2H3,(H2,28,29,30,31). The van der Waals surface area contributed by atoms with Crippen LogP contribution in [0.25, 0.3) is 10.9 Å². The highest BCUT2D eigenvalue weighted by Gasteiger charge is 2.19. The SMILES string of the molecule is COc1cc2nc(NCCCN3CCCC3=O)nc(Nc3ccc(N4CCOCC4)cc3)c2cc1OC. The fraction of sp³-hybridized carbons (Fsp3) is 0.444. The van der Waals surface area contributed by atoms with Gasteiger partial charge in [0.25, 0.3) is 0 Å². The third kappa shape index (κ3) is 5.80. The van der Waals surface area contributed by atoms with Gasteiger partial charge in [0.15, 0.2) is 11.5 Å². The lowest BCUT2D eigenvalue weighted by atomic mass is 10.2. The molecule has 2 aliphatic heterocycles. The molecule has 0 spiro atoms. The topological polar surface area (TPSA) is 101 Å². The molecular weight excluding hydrogens is 472 g/mol. The Morgan fingerprint density at radius 1 is 1.00 bits per heavy atom. The second-order valence-corrected chi connectivity index (χ2v) is 9.16. The first-order valence-corrected chi connectivity index (χ1v) is 12.8. The van der Waals surface area contributed by atoms with Gasteiger partial charge in [0.1, 0.15) is 5.82 Å². The third-order valence-electron chi connectivity index (χ3n) is 6.77. The predicted molar refractivity (Wildman–Crippen MR) is 144 cm³/mol. The Hall–Kier alpha value is -3.79. The van der Waals surface area contributed by atoms with Crippen LogP contribution in [-0.2, 0) is 9.53 Å². The number of aromatic nitrogens is 2. The van der Waals surface area contributed by atoms with E-state index in [9.17, 15) is 4.79 Å².